The highest BCUT2D eigenvalue weighted by molar-refractivity contribution is 5.97. The molecule has 2 aromatic heterocycles. The van der Waals surface area contributed by atoms with Gasteiger partial charge in [0.2, 0.25) is 5.91 Å². The first-order valence-corrected chi connectivity index (χ1v) is 12.6. The predicted molar refractivity (Wildman–Crippen MR) is 132 cm³/mol. The maximum Gasteiger partial charge on any atom is 0.251 e. The second kappa shape index (κ2) is 9.67. The number of nitrogens with zero attached hydrogens (tertiary/aromatic N) is 1. The summed E-state index contributed by atoms with van der Waals surface area (Å²) in [5.74, 6) is 0.603. The van der Waals surface area contributed by atoms with E-state index in [0.29, 0.717) is 24.0 Å². The van der Waals surface area contributed by atoms with Crippen LogP contribution in [0.5, 0.6) is 0 Å². The van der Waals surface area contributed by atoms with Crippen LogP contribution in [0.4, 0.5) is 5.82 Å². The van der Waals surface area contributed by atoms with Crippen LogP contribution in [0.3, 0.4) is 0 Å². The van der Waals surface area contributed by atoms with Gasteiger partial charge in [-0.3, -0.25) is 9.59 Å². The molecule has 0 radical (unpaired) electrons. The molecule has 4 N–H and O–H groups in total. The van der Waals surface area contributed by atoms with Crippen LogP contribution in [0.15, 0.2) is 23.1 Å². The predicted octanol–water partition coefficient (Wildman–Crippen LogP) is 3.64. The van der Waals surface area contributed by atoms with Crippen molar-refractivity contribution >= 4 is 28.2 Å². The Morgan fingerprint density at radius 2 is 2.00 bits per heavy atom. The summed E-state index contributed by atoms with van der Waals surface area (Å²) in [5.41, 5.74) is 3.75. The Kier molecular flexibility index (Phi) is 6.49. The van der Waals surface area contributed by atoms with Crippen molar-refractivity contribution in [3.63, 3.8) is 0 Å². The molecule has 5 rings (SSSR count). The number of piperidine rings is 1. The van der Waals surface area contributed by atoms with E-state index in [2.05, 4.69) is 27.0 Å². The lowest BCUT2D eigenvalue weighted by atomic mass is 9.90. The number of pyridine rings is 2. The molecule has 1 aliphatic heterocycles. The Bertz CT molecular complexity index is 1120. The van der Waals surface area contributed by atoms with Crippen molar-refractivity contribution in [1.82, 2.24) is 20.6 Å². The molecular weight excluding hydrogens is 414 g/mol. The molecule has 2 fully saturated rings. The van der Waals surface area contributed by atoms with Crippen molar-refractivity contribution in [1.29, 1.82) is 0 Å². The SMILES string of the molecule is Cc1cc2c(C3=CCCC3)cnc(N[C@@H]3CCNC[C@H]3C(=O)NC3CCCCC3)c2[nH]c1=O. The van der Waals surface area contributed by atoms with Crippen molar-refractivity contribution in [3.8, 4) is 0 Å². The fourth-order valence-electron chi connectivity index (χ4n) is 5.61. The minimum atomic E-state index is -0.174. The van der Waals surface area contributed by atoms with E-state index in [9.17, 15) is 9.59 Å². The Morgan fingerprint density at radius 3 is 2.79 bits per heavy atom. The normalized spacial score (nSPS) is 24.0. The second-order valence-corrected chi connectivity index (χ2v) is 9.91. The molecule has 2 aliphatic carbocycles. The number of rotatable bonds is 5. The molecule has 2 atom stereocenters. The summed E-state index contributed by atoms with van der Waals surface area (Å²) >= 11 is 0. The quantitative estimate of drug-likeness (QED) is 0.559. The lowest BCUT2D eigenvalue weighted by molar-refractivity contribution is -0.126. The third-order valence-electron chi connectivity index (χ3n) is 7.56. The largest absolute Gasteiger partial charge is 0.365 e. The van der Waals surface area contributed by atoms with Crippen LogP contribution in [0.25, 0.3) is 16.5 Å². The lowest BCUT2D eigenvalue weighted by Crippen LogP contribution is -2.53. The smallest absolute Gasteiger partial charge is 0.251 e. The molecule has 7 nitrogen and oxygen atoms in total. The Labute approximate surface area is 194 Å². The summed E-state index contributed by atoms with van der Waals surface area (Å²) in [5, 5.41) is 11.3. The molecule has 33 heavy (non-hydrogen) atoms. The van der Waals surface area contributed by atoms with Crippen molar-refractivity contribution in [3.05, 3.63) is 39.8 Å². The molecular formula is C26H35N5O2. The zero-order valence-electron chi connectivity index (χ0n) is 19.5. The Morgan fingerprint density at radius 1 is 1.15 bits per heavy atom. The summed E-state index contributed by atoms with van der Waals surface area (Å²) in [4.78, 5) is 33.5. The van der Waals surface area contributed by atoms with E-state index in [1.807, 2.05) is 19.2 Å². The summed E-state index contributed by atoms with van der Waals surface area (Å²) in [6.07, 6.45) is 14.1. The number of allylic oxidation sites excluding steroid dienone is 2. The van der Waals surface area contributed by atoms with Crippen LogP contribution in [-0.2, 0) is 4.79 Å². The molecule has 0 unspecified atom stereocenters. The molecule has 1 amide bonds. The fourth-order valence-corrected chi connectivity index (χ4v) is 5.61. The molecule has 7 heteroatoms. The molecule has 0 bridgehead atoms. The minimum Gasteiger partial charge on any atom is -0.365 e. The first kappa shape index (κ1) is 22.1. The Hall–Kier alpha value is -2.67. The highest BCUT2D eigenvalue weighted by atomic mass is 16.2. The third-order valence-corrected chi connectivity index (χ3v) is 7.56. The van der Waals surface area contributed by atoms with Gasteiger partial charge in [0.15, 0.2) is 5.82 Å². The number of aromatic amines is 1. The van der Waals surface area contributed by atoms with E-state index in [4.69, 9.17) is 4.98 Å². The number of nitrogens with one attached hydrogen (secondary N) is 4. The van der Waals surface area contributed by atoms with Gasteiger partial charge in [-0.15, -0.1) is 0 Å². The van der Waals surface area contributed by atoms with Crippen molar-refractivity contribution in [2.45, 2.75) is 76.8 Å². The van der Waals surface area contributed by atoms with Crippen LogP contribution >= 0.6 is 0 Å². The van der Waals surface area contributed by atoms with E-state index >= 15 is 0 Å². The van der Waals surface area contributed by atoms with Gasteiger partial charge in [-0.2, -0.15) is 0 Å². The van der Waals surface area contributed by atoms with Gasteiger partial charge in [-0.1, -0.05) is 25.3 Å². The lowest BCUT2D eigenvalue weighted by Gasteiger charge is -2.34. The molecule has 0 spiro atoms. The number of H-pyrrole nitrogens is 1. The van der Waals surface area contributed by atoms with E-state index in [0.717, 1.165) is 61.5 Å². The molecule has 2 aromatic rings. The van der Waals surface area contributed by atoms with Crippen LogP contribution < -0.4 is 21.5 Å². The average Bonchev–Trinajstić information content (AvgIpc) is 3.36. The number of hydrogen-bond donors (Lipinski definition) is 4. The number of fused-ring (bicyclic) bond motifs is 1. The van der Waals surface area contributed by atoms with Gasteiger partial charge in [0, 0.05) is 41.3 Å². The van der Waals surface area contributed by atoms with Crippen LogP contribution in [0, 0.1) is 12.8 Å². The first-order chi connectivity index (χ1) is 16.1. The topological polar surface area (TPSA) is 98.9 Å². The maximum absolute atomic E-state index is 13.2. The number of aryl methyl sites for hydroxylation is 1. The highest BCUT2D eigenvalue weighted by Gasteiger charge is 2.33. The maximum atomic E-state index is 13.2. The second-order valence-electron chi connectivity index (χ2n) is 9.91. The number of carbonyl (C=O) groups is 1. The van der Waals surface area contributed by atoms with Crippen LogP contribution in [0.1, 0.15) is 68.9 Å². The summed E-state index contributed by atoms with van der Waals surface area (Å²) < 4.78 is 0. The Balaban J connectivity index is 1.43. The van der Waals surface area contributed by atoms with Gasteiger partial charge in [-0.05, 0) is 63.6 Å². The van der Waals surface area contributed by atoms with E-state index < -0.39 is 0 Å². The molecule has 1 saturated heterocycles. The van der Waals surface area contributed by atoms with Gasteiger partial charge >= 0.3 is 0 Å². The zero-order chi connectivity index (χ0) is 22.8. The summed E-state index contributed by atoms with van der Waals surface area (Å²) in [6.45, 7) is 3.34. The van der Waals surface area contributed by atoms with Gasteiger partial charge < -0.3 is 20.9 Å². The van der Waals surface area contributed by atoms with E-state index in [1.165, 1.54) is 24.8 Å². The standard InChI is InChI=1S/C26H35N5O2/c1-16-13-19-20(17-7-5-6-8-17)15-28-24(23(19)31-25(16)32)30-22-11-12-27-14-21(22)26(33)29-18-9-3-2-4-10-18/h7,13,15,18,21-22,27H,2-6,8-12,14H2,1H3,(H,28,30)(H,29,33)(H,31,32)/t21-,22-/m1/s1. The molecule has 176 valence electrons. The van der Waals surface area contributed by atoms with Gasteiger partial charge in [0.25, 0.3) is 5.56 Å². The summed E-state index contributed by atoms with van der Waals surface area (Å²) in [6, 6.07) is 2.24. The van der Waals surface area contributed by atoms with Crippen molar-refractivity contribution in [2.75, 3.05) is 18.4 Å². The average molecular weight is 450 g/mol. The van der Waals surface area contributed by atoms with Gasteiger partial charge in [0.05, 0.1) is 11.4 Å². The number of hydrogen-bond acceptors (Lipinski definition) is 5. The molecule has 3 heterocycles. The fraction of sp³-hybridized carbons (Fsp3) is 0.577. The minimum absolute atomic E-state index is 0.0353. The number of anilines is 1. The van der Waals surface area contributed by atoms with E-state index in [1.54, 1.807) is 0 Å². The van der Waals surface area contributed by atoms with Crippen LogP contribution in [0.2, 0.25) is 0 Å². The van der Waals surface area contributed by atoms with Gasteiger partial charge in [-0.25, -0.2) is 4.98 Å². The number of carbonyl (C=O) groups excluding carboxylic acids is 1. The zero-order valence-corrected chi connectivity index (χ0v) is 19.5. The number of aromatic nitrogens is 2. The molecule has 0 aromatic carbocycles. The monoisotopic (exact) mass is 449 g/mol. The van der Waals surface area contributed by atoms with Gasteiger partial charge in [0.1, 0.15) is 0 Å². The first-order valence-electron chi connectivity index (χ1n) is 12.6. The highest BCUT2D eigenvalue weighted by Crippen LogP contribution is 2.34. The molecule has 3 aliphatic rings. The molecule has 1 saturated carbocycles. The van der Waals surface area contributed by atoms with Crippen LogP contribution in [-0.4, -0.2) is 41.0 Å². The van der Waals surface area contributed by atoms with Crippen molar-refractivity contribution < 1.29 is 4.79 Å². The van der Waals surface area contributed by atoms with E-state index in [-0.39, 0.29) is 23.4 Å². The summed E-state index contributed by atoms with van der Waals surface area (Å²) in [7, 11) is 0. The number of amides is 1. The third kappa shape index (κ3) is 4.69. The van der Waals surface area contributed by atoms with Crippen molar-refractivity contribution in [2.24, 2.45) is 5.92 Å².